The third-order valence-electron chi connectivity index (χ3n) is 4.91. The number of nitrogens with zero attached hydrogens (tertiary/aromatic N) is 2. The van der Waals surface area contributed by atoms with Gasteiger partial charge < -0.3 is 19.7 Å². The molecular formula is C22H28Cl2N2O4. The minimum absolute atomic E-state index is 0.239. The van der Waals surface area contributed by atoms with E-state index in [2.05, 4.69) is 9.80 Å². The number of β-amino-alcohol motifs (C(OH)–C–C–N with tert-alkyl or cyclic N) is 2. The predicted octanol–water partition coefficient (Wildman–Crippen LogP) is 2.79. The van der Waals surface area contributed by atoms with Crippen LogP contribution in [0.15, 0.2) is 48.5 Å². The number of rotatable bonds is 10. The Hall–Kier alpha value is -1.54. The maximum Gasteiger partial charge on any atom is 0.119 e. The molecule has 2 atom stereocenters. The van der Waals surface area contributed by atoms with Gasteiger partial charge in [0.2, 0.25) is 0 Å². The second kappa shape index (κ2) is 11.7. The zero-order chi connectivity index (χ0) is 21.3. The molecular weight excluding hydrogens is 427 g/mol. The van der Waals surface area contributed by atoms with Crippen LogP contribution in [0.4, 0.5) is 0 Å². The summed E-state index contributed by atoms with van der Waals surface area (Å²) in [5.74, 6) is 1.39. The van der Waals surface area contributed by atoms with E-state index in [4.69, 9.17) is 32.7 Å². The van der Waals surface area contributed by atoms with Gasteiger partial charge >= 0.3 is 0 Å². The van der Waals surface area contributed by atoms with Crippen LogP contribution in [0.5, 0.6) is 11.5 Å². The van der Waals surface area contributed by atoms with E-state index in [1.54, 1.807) is 48.5 Å². The smallest absolute Gasteiger partial charge is 0.119 e. The lowest BCUT2D eigenvalue weighted by Crippen LogP contribution is -2.51. The van der Waals surface area contributed by atoms with E-state index < -0.39 is 12.2 Å². The van der Waals surface area contributed by atoms with Crippen LogP contribution in [-0.2, 0) is 0 Å². The highest BCUT2D eigenvalue weighted by Gasteiger charge is 2.21. The highest BCUT2D eigenvalue weighted by molar-refractivity contribution is 6.30. The Morgan fingerprint density at radius 1 is 0.667 bits per heavy atom. The standard InChI is InChI=1S/C22H28Cl2N2O4/c23-17-1-5-21(6-2-17)29-15-19(27)13-25-9-11-26(12-10-25)14-20(28)16-30-22-7-3-18(24)4-8-22/h1-8,19-20,27-28H,9-16H2. The Balaban J connectivity index is 1.30. The number of aliphatic hydroxyl groups excluding tert-OH is 2. The Labute approximate surface area is 187 Å². The van der Waals surface area contributed by atoms with E-state index in [1.165, 1.54) is 0 Å². The largest absolute Gasteiger partial charge is 0.491 e. The summed E-state index contributed by atoms with van der Waals surface area (Å²) in [7, 11) is 0. The molecule has 1 fully saturated rings. The number of hydrogen-bond acceptors (Lipinski definition) is 6. The lowest BCUT2D eigenvalue weighted by atomic mass is 10.2. The molecule has 1 aliphatic heterocycles. The first kappa shape index (κ1) is 23.1. The van der Waals surface area contributed by atoms with Gasteiger partial charge in [0.15, 0.2) is 0 Å². The number of benzene rings is 2. The van der Waals surface area contributed by atoms with Crippen molar-refractivity contribution in [3.63, 3.8) is 0 Å². The van der Waals surface area contributed by atoms with Gasteiger partial charge in [-0.25, -0.2) is 0 Å². The molecule has 6 nitrogen and oxygen atoms in total. The molecule has 1 aliphatic rings. The lowest BCUT2D eigenvalue weighted by molar-refractivity contribution is 0.0240. The summed E-state index contributed by atoms with van der Waals surface area (Å²) in [6, 6.07) is 14.2. The van der Waals surface area contributed by atoms with E-state index in [0.717, 1.165) is 26.2 Å². The summed E-state index contributed by atoms with van der Waals surface area (Å²) >= 11 is 11.7. The van der Waals surface area contributed by atoms with Gasteiger partial charge in [0, 0.05) is 49.3 Å². The van der Waals surface area contributed by atoms with Crippen molar-refractivity contribution in [3.05, 3.63) is 58.6 Å². The third kappa shape index (κ3) is 7.95. The summed E-state index contributed by atoms with van der Waals surface area (Å²) in [4.78, 5) is 4.42. The topological polar surface area (TPSA) is 65.4 Å². The highest BCUT2D eigenvalue weighted by Crippen LogP contribution is 2.17. The molecule has 164 valence electrons. The van der Waals surface area contributed by atoms with E-state index in [-0.39, 0.29) is 13.2 Å². The van der Waals surface area contributed by atoms with Crippen LogP contribution >= 0.6 is 23.2 Å². The minimum atomic E-state index is -0.564. The molecule has 1 heterocycles. The molecule has 3 rings (SSSR count). The molecule has 0 saturated carbocycles. The second-order valence-corrected chi connectivity index (χ2v) is 8.31. The van der Waals surface area contributed by atoms with Crippen molar-refractivity contribution in [2.45, 2.75) is 12.2 Å². The monoisotopic (exact) mass is 454 g/mol. The van der Waals surface area contributed by atoms with Crippen LogP contribution in [0.3, 0.4) is 0 Å². The van der Waals surface area contributed by atoms with Crippen molar-refractivity contribution in [1.29, 1.82) is 0 Å². The van der Waals surface area contributed by atoms with Gasteiger partial charge in [-0.1, -0.05) is 23.2 Å². The third-order valence-corrected chi connectivity index (χ3v) is 5.42. The van der Waals surface area contributed by atoms with Crippen molar-refractivity contribution < 1.29 is 19.7 Å². The molecule has 2 aromatic carbocycles. The van der Waals surface area contributed by atoms with Crippen molar-refractivity contribution in [1.82, 2.24) is 9.80 Å². The van der Waals surface area contributed by atoms with Gasteiger partial charge in [-0.15, -0.1) is 0 Å². The summed E-state index contributed by atoms with van der Waals surface area (Å²) in [6.45, 7) is 4.94. The molecule has 0 spiro atoms. The number of ether oxygens (including phenoxy) is 2. The fraction of sp³-hybridized carbons (Fsp3) is 0.455. The average molecular weight is 455 g/mol. The first-order chi connectivity index (χ1) is 14.5. The average Bonchev–Trinajstić information content (AvgIpc) is 2.74. The van der Waals surface area contributed by atoms with Gasteiger partial charge in [0.05, 0.1) is 0 Å². The number of hydrogen-bond donors (Lipinski definition) is 2. The van der Waals surface area contributed by atoms with E-state index >= 15 is 0 Å². The molecule has 2 unspecified atom stereocenters. The van der Waals surface area contributed by atoms with Crippen LogP contribution < -0.4 is 9.47 Å². The van der Waals surface area contributed by atoms with Gasteiger partial charge in [-0.3, -0.25) is 9.80 Å². The molecule has 2 N–H and O–H groups in total. The van der Waals surface area contributed by atoms with Gasteiger partial charge in [0.25, 0.3) is 0 Å². The SMILES string of the molecule is OC(COc1ccc(Cl)cc1)CN1CCN(CC(O)COc2ccc(Cl)cc2)CC1. The first-order valence-corrected chi connectivity index (χ1v) is 10.8. The predicted molar refractivity (Wildman–Crippen MR) is 119 cm³/mol. The summed E-state index contributed by atoms with van der Waals surface area (Å²) < 4.78 is 11.2. The van der Waals surface area contributed by atoms with Crippen molar-refractivity contribution in [3.8, 4) is 11.5 Å². The minimum Gasteiger partial charge on any atom is -0.491 e. The Morgan fingerprint density at radius 3 is 1.33 bits per heavy atom. The van der Waals surface area contributed by atoms with Crippen LogP contribution in [0.25, 0.3) is 0 Å². The molecule has 0 aliphatic carbocycles. The van der Waals surface area contributed by atoms with E-state index in [0.29, 0.717) is 34.6 Å². The summed E-state index contributed by atoms with van der Waals surface area (Å²) in [5, 5.41) is 21.8. The second-order valence-electron chi connectivity index (χ2n) is 7.44. The van der Waals surface area contributed by atoms with Crippen molar-refractivity contribution >= 4 is 23.2 Å². The zero-order valence-electron chi connectivity index (χ0n) is 16.8. The van der Waals surface area contributed by atoms with Crippen LogP contribution in [0.1, 0.15) is 0 Å². The fourth-order valence-electron chi connectivity index (χ4n) is 3.30. The maximum atomic E-state index is 10.3. The van der Waals surface area contributed by atoms with Crippen LogP contribution in [-0.4, -0.2) is 84.7 Å². The van der Waals surface area contributed by atoms with Gasteiger partial charge in [-0.2, -0.15) is 0 Å². The number of aliphatic hydroxyl groups is 2. The van der Waals surface area contributed by atoms with Gasteiger partial charge in [0.1, 0.15) is 36.9 Å². The van der Waals surface area contributed by atoms with E-state index in [1.807, 2.05) is 0 Å². The first-order valence-electron chi connectivity index (χ1n) is 10.1. The van der Waals surface area contributed by atoms with Crippen molar-refractivity contribution in [2.24, 2.45) is 0 Å². The van der Waals surface area contributed by atoms with Gasteiger partial charge in [-0.05, 0) is 48.5 Å². The lowest BCUT2D eigenvalue weighted by Gasteiger charge is -2.36. The Bertz CT molecular complexity index is 687. The summed E-state index contributed by atoms with van der Waals surface area (Å²) in [5.41, 5.74) is 0. The Morgan fingerprint density at radius 2 is 1.00 bits per heavy atom. The molecule has 0 bridgehead atoms. The molecule has 0 amide bonds. The summed E-state index contributed by atoms with van der Waals surface area (Å²) in [6.07, 6.45) is -1.13. The van der Waals surface area contributed by atoms with Crippen molar-refractivity contribution in [2.75, 3.05) is 52.5 Å². The zero-order valence-corrected chi connectivity index (χ0v) is 18.3. The quantitative estimate of drug-likeness (QED) is 0.575. The van der Waals surface area contributed by atoms with Crippen LogP contribution in [0.2, 0.25) is 10.0 Å². The molecule has 1 saturated heterocycles. The van der Waals surface area contributed by atoms with Crippen LogP contribution in [0, 0.1) is 0 Å². The Kier molecular flexibility index (Phi) is 9.05. The molecule has 0 aromatic heterocycles. The number of halogens is 2. The molecule has 8 heteroatoms. The molecule has 2 aromatic rings. The maximum absolute atomic E-state index is 10.3. The fourth-order valence-corrected chi connectivity index (χ4v) is 3.55. The normalized spacial score (nSPS) is 17.5. The number of piperazine rings is 1. The molecule has 30 heavy (non-hydrogen) atoms. The molecule has 0 radical (unpaired) electrons. The highest BCUT2D eigenvalue weighted by atomic mass is 35.5. The van der Waals surface area contributed by atoms with E-state index in [9.17, 15) is 10.2 Å².